The molecule has 7 heteroatoms. The molecule has 0 heterocycles. The van der Waals surface area contributed by atoms with Crippen LogP contribution >= 0.6 is 0 Å². The number of sulfonamides is 1. The molecule has 2 N–H and O–H groups in total. The Morgan fingerprint density at radius 3 is 2.16 bits per heavy atom. The summed E-state index contributed by atoms with van der Waals surface area (Å²) in [5.74, 6) is -0.972. The van der Waals surface area contributed by atoms with Crippen molar-refractivity contribution in [3.8, 4) is 0 Å². The summed E-state index contributed by atoms with van der Waals surface area (Å²) >= 11 is 0. The number of carboxylic acid groups (broad SMARTS) is 1. The van der Waals surface area contributed by atoms with Crippen LogP contribution in [0.15, 0.2) is 29.2 Å². The number of anilines is 1. The first kappa shape index (κ1) is 15.5. The Hall–Kier alpha value is -1.60. The fourth-order valence-electron chi connectivity index (χ4n) is 1.64. The van der Waals surface area contributed by atoms with Gasteiger partial charge in [0, 0.05) is 18.8 Å². The molecule has 0 aliphatic carbocycles. The van der Waals surface area contributed by atoms with Gasteiger partial charge in [-0.2, -0.15) is 4.31 Å². The van der Waals surface area contributed by atoms with Gasteiger partial charge in [0.2, 0.25) is 10.0 Å². The van der Waals surface area contributed by atoms with Gasteiger partial charge in [0.15, 0.2) is 0 Å². The van der Waals surface area contributed by atoms with Gasteiger partial charge >= 0.3 is 5.97 Å². The Morgan fingerprint density at radius 1 is 1.21 bits per heavy atom. The molecule has 0 aromatic heterocycles. The monoisotopic (exact) mass is 286 g/mol. The van der Waals surface area contributed by atoms with Crippen LogP contribution in [0.2, 0.25) is 0 Å². The molecule has 0 saturated heterocycles. The topological polar surface area (TPSA) is 86.7 Å². The number of rotatable bonds is 7. The Labute approximate surface area is 113 Å². The van der Waals surface area contributed by atoms with Crippen LogP contribution < -0.4 is 5.32 Å². The Bertz CT molecular complexity index is 521. The zero-order valence-corrected chi connectivity index (χ0v) is 11.8. The average Bonchev–Trinajstić information content (AvgIpc) is 2.38. The van der Waals surface area contributed by atoms with Crippen LogP contribution in [0.3, 0.4) is 0 Å². The van der Waals surface area contributed by atoms with E-state index in [-0.39, 0.29) is 11.4 Å². The fraction of sp³-hybridized carbons (Fsp3) is 0.417. The summed E-state index contributed by atoms with van der Waals surface area (Å²) in [6, 6.07) is 6.05. The summed E-state index contributed by atoms with van der Waals surface area (Å²) < 4.78 is 25.7. The molecule has 6 nitrogen and oxygen atoms in total. The molecular weight excluding hydrogens is 268 g/mol. The molecular formula is C12H18N2O4S. The maximum Gasteiger partial charge on any atom is 0.322 e. The number of hydrogen-bond acceptors (Lipinski definition) is 4. The number of nitrogens with one attached hydrogen (secondary N) is 1. The highest BCUT2D eigenvalue weighted by atomic mass is 32.2. The number of hydrogen-bond donors (Lipinski definition) is 2. The standard InChI is InChI=1S/C12H18N2O4S/c1-3-14(4-2)19(17,18)11-7-5-10(6-8-11)13-9-12(15)16/h5-8,13H,3-4,9H2,1-2H3,(H,15,16). The molecule has 1 rings (SSSR count). The minimum absolute atomic E-state index is 0.206. The van der Waals surface area contributed by atoms with Crippen molar-refractivity contribution in [3.63, 3.8) is 0 Å². The van der Waals surface area contributed by atoms with Crippen LogP contribution in [-0.2, 0) is 14.8 Å². The van der Waals surface area contributed by atoms with Crippen LogP contribution in [-0.4, -0.2) is 43.4 Å². The summed E-state index contributed by atoms with van der Waals surface area (Å²) in [6.07, 6.45) is 0. The number of carbonyl (C=O) groups is 1. The molecule has 0 radical (unpaired) electrons. The van der Waals surface area contributed by atoms with Gasteiger partial charge in [-0.15, -0.1) is 0 Å². The lowest BCUT2D eigenvalue weighted by molar-refractivity contribution is -0.134. The van der Waals surface area contributed by atoms with Gasteiger partial charge in [0.1, 0.15) is 6.54 Å². The first-order valence-corrected chi connectivity index (χ1v) is 7.41. The van der Waals surface area contributed by atoms with E-state index in [4.69, 9.17) is 5.11 Å². The number of aliphatic carboxylic acids is 1. The highest BCUT2D eigenvalue weighted by Crippen LogP contribution is 2.18. The minimum atomic E-state index is -3.46. The Morgan fingerprint density at radius 2 is 1.74 bits per heavy atom. The predicted octanol–water partition coefficient (Wildman–Crippen LogP) is 1.21. The smallest absolute Gasteiger partial charge is 0.322 e. The van der Waals surface area contributed by atoms with Gasteiger partial charge in [-0.05, 0) is 24.3 Å². The molecule has 1 aromatic rings. The van der Waals surface area contributed by atoms with Crippen molar-refractivity contribution in [2.75, 3.05) is 25.0 Å². The molecule has 0 bridgehead atoms. The molecule has 0 unspecified atom stereocenters. The van der Waals surface area contributed by atoms with E-state index in [0.717, 1.165) is 0 Å². The quantitative estimate of drug-likeness (QED) is 0.787. The average molecular weight is 286 g/mol. The largest absolute Gasteiger partial charge is 0.480 e. The van der Waals surface area contributed by atoms with Gasteiger partial charge in [-0.3, -0.25) is 4.79 Å². The third-order valence-electron chi connectivity index (χ3n) is 2.64. The Kier molecular flexibility index (Phi) is 5.31. The maximum atomic E-state index is 12.2. The van der Waals surface area contributed by atoms with E-state index in [0.29, 0.717) is 18.8 Å². The number of benzene rings is 1. The summed E-state index contributed by atoms with van der Waals surface area (Å²) in [5.41, 5.74) is 0.570. The third kappa shape index (κ3) is 3.93. The molecule has 0 aliphatic heterocycles. The predicted molar refractivity (Wildman–Crippen MR) is 72.7 cm³/mol. The molecule has 0 atom stereocenters. The first-order valence-electron chi connectivity index (χ1n) is 5.97. The van der Waals surface area contributed by atoms with Gasteiger partial charge in [0.05, 0.1) is 4.90 Å². The van der Waals surface area contributed by atoms with Crippen molar-refractivity contribution in [1.82, 2.24) is 4.31 Å². The van der Waals surface area contributed by atoms with Crippen LogP contribution in [0, 0.1) is 0 Å². The van der Waals surface area contributed by atoms with Crippen molar-refractivity contribution in [3.05, 3.63) is 24.3 Å². The SMILES string of the molecule is CCN(CC)S(=O)(=O)c1ccc(NCC(=O)O)cc1. The van der Waals surface area contributed by atoms with Crippen LogP contribution in [0.4, 0.5) is 5.69 Å². The third-order valence-corrected chi connectivity index (χ3v) is 4.71. The van der Waals surface area contributed by atoms with Crippen LogP contribution in [0.25, 0.3) is 0 Å². The number of carboxylic acids is 1. The summed E-state index contributed by atoms with van der Waals surface area (Å²) in [6.45, 7) is 4.19. The molecule has 1 aromatic carbocycles. The molecule has 0 fully saturated rings. The van der Waals surface area contributed by atoms with Gasteiger partial charge in [-0.1, -0.05) is 13.8 Å². The highest BCUT2D eigenvalue weighted by molar-refractivity contribution is 7.89. The first-order chi connectivity index (χ1) is 8.91. The molecule has 19 heavy (non-hydrogen) atoms. The molecule has 106 valence electrons. The lowest BCUT2D eigenvalue weighted by atomic mass is 10.3. The second-order valence-corrected chi connectivity index (χ2v) is 5.80. The van der Waals surface area contributed by atoms with Crippen molar-refractivity contribution in [2.24, 2.45) is 0 Å². The van der Waals surface area contributed by atoms with E-state index in [9.17, 15) is 13.2 Å². The van der Waals surface area contributed by atoms with Crippen LogP contribution in [0.1, 0.15) is 13.8 Å². The maximum absolute atomic E-state index is 12.2. The second kappa shape index (κ2) is 6.53. The normalized spacial score (nSPS) is 11.5. The zero-order valence-electron chi connectivity index (χ0n) is 11.0. The zero-order chi connectivity index (χ0) is 14.5. The minimum Gasteiger partial charge on any atom is -0.480 e. The number of nitrogens with zero attached hydrogens (tertiary/aromatic N) is 1. The van der Waals surface area contributed by atoms with E-state index < -0.39 is 16.0 Å². The molecule has 0 amide bonds. The van der Waals surface area contributed by atoms with Gasteiger partial charge < -0.3 is 10.4 Å². The Balaban J connectivity index is 2.89. The van der Waals surface area contributed by atoms with E-state index in [2.05, 4.69) is 5.32 Å². The van der Waals surface area contributed by atoms with E-state index in [1.54, 1.807) is 26.0 Å². The lowest BCUT2D eigenvalue weighted by Gasteiger charge is -2.18. The van der Waals surface area contributed by atoms with Crippen LogP contribution in [0.5, 0.6) is 0 Å². The molecule has 0 aliphatic rings. The fourth-order valence-corrected chi connectivity index (χ4v) is 3.09. The lowest BCUT2D eigenvalue weighted by Crippen LogP contribution is -2.30. The van der Waals surface area contributed by atoms with Gasteiger partial charge in [-0.25, -0.2) is 8.42 Å². The molecule has 0 saturated carbocycles. The summed E-state index contributed by atoms with van der Waals surface area (Å²) in [5, 5.41) is 11.2. The molecule has 0 spiro atoms. The van der Waals surface area contributed by atoms with Crippen molar-refractivity contribution in [1.29, 1.82) is 0 Å². The van der Waals surface area contributed by atoms with E-state index in [1.165, 1.54) is 16.4 Å². The summed E-state index contributed by atoms with van der Waals surface area (Å²) in [4.78, 5) is 10.6. The highest BCUT2D eigenvalue weighted by Gasteiger charge is 2.21. The van der Waals surface area contributed by atoms with E-state index in [1.807, 2.05) is 0 Å². The second-order valence-electron chi connectivity index (χ2n) is 3.86. The van der Waals surface area contributed by atoms with Crippen molar-refractivity contribution in [2.45, 2.75) is 18.7 Å². The summed E-state index contributed by atoms with van der Waals surface area (Å²) in [7, 11) is -3.46. The van der Waals surface area contributed by atoms with E-state index >= 15 is 0 Å². The van der Waals surface area contributed by atoms with Crippen molar-refractivity contribution < 1.29 is 18.3 Å². The van der Waals surface area contributed by atoms with Gasteiger partial charge in [0.25, 0.3) is 0 Å². The van der Waals surface area contributed by atoms with Crippen molar-refractivity contribution >= 4 is 21.7 Å².